The molecule has 0 aliphatic heterocycles. The number of rotatable bonds is 3. The fourth-order valence-electron chi connectivity index (χ4n) is 1.87. The van der Waals surface area contributed by atoms with E-state index in [0.717, 1.165) is 25.7 Å². The van der Waals surface area contributed by atoms with Gasteiger partial charge in [-0.25, -0.2) is 8.42 Å². The summed E-state index contributed by atoms with van der Waals surface area (Å²) < 4.78 is 22.6. The maximum Gasteiger partial charge on any atom is 0.163 e. The predicted molar refractivity (Wildman–Crippen MR) is 50.8 cm³/mol. The van der Waals surface area contributed by atoms with E-state index in [-0.39, 0.29) is 11.5 Å². The number of nitriles is 1. The highest BCUT2D eigenvalue weighted by Crippen LogP contribution is 2.24. The van der Waals surface area contributed by atoms with E-state index in [2.05, 4.69) is 0 Å². The molecule has 0 amide bonds. The summed E-state index contributed by atoms with van der Waals surface area (Å²) in [5.41, 5.74) is 0. The smallest absolute Gasteiger partial charge is 0.163 e. The topological polar surface area (TPSA) is 57.9 Å². The summed E-state index contributed by atoms with van der Waals surface area (Å²) in [7, 11) is -3.09. The van der Waals surface area contributed by atoms with Crippen LogP contribution in [0.15, 0.2) is 0 Å². The Labute approximate surface area is 79.7 Å². The van der Waals surface area contributed by atoms with Gasteiger partial charge >= 0.3 is 0 Å². The average molecular weight is 201 g/mol. The first kappa shape index (κ1) is 10.5. The molecule has 0 aromatic heterocycles. The molecule has 3 nitrogen and oxygen atoms in total. The van der Waals surface area contributed by atoms with Crippen LogP contribution in [0.2, 0.25) is 0 Å². The van der Waals surface area contributed by atoms with Gasteiger partial charge in [-0.2, -0.15) is 5.26 Å². The summed E-state index contributed by atoms with van der Waals surface area (Å²) in [5, 5.41) is 8.30. The first-order chi connectivity index (χ1) is 6.14. The van der Waals surface area contributed by atoms with Gasteiger partial charge in [0.15, 0.2) is 9.84 Å². The quantitative estimate of drug-likeness (QED) is 0.695. The van der Waals surface area contributed by atoms with Crippen molar-refractivity contribution in [3.8, 4) is 6.07 Å². The van der Waals surface area contributed by atoms with Crippen LogP contribution in [0.3, 0.4) is 0 Å². The van der Waals surface area contributed by atoms with E-state index in [9.17, 15) is 8.42 Å². The lowest BCUT2D eigenvalue weighted by Gasteiger charge is -2.20. The Hall–Kier alpha value is -0.560. The predicted octanol–water partition coefficient (Wildman–Crippen LogP) is 1.51. The Morgan fingerprint density at radius 1 is 1.23 bits per heavy atom. The van der Waals surface area contributed by atoms with Crippen LogP contribution in [0, 0.1) is 17.2 Å². The largest absolute Gasteiger partial charge is 0.228 e. The Morgan fingerprint density at radius 2 is 1.85 bits per heavy atom. The zero-order valence-corrected chi connectivity index (χ0v) is 8.52. The SMILES string of the molecule is N#CCS(=O)(=O)CC1CCCCC1. The number of nitrogens with zero attached hydrogens (tertiary/aromatic N) is 1. The van der Waals surface area contributed by atoms with E-state index in [4.69, 9.17) is 5.26 Å². The lowest BCUT2D eigenvalue weighted by atomic mass is 9.91. The lowest BCUT2D eigenvalue weighted by Crippen LogP contribution is -2.20. The zero-order chi connectivity index (χ0) is 9.73. The van der Waals surface area contributed by atoms with Crippen LogP contribution in [0.4, 0.5) is 0 Å². The summed E-state index contributed by atoms with van der Waals surface area (Å²) >= 11 is 0. The molecule has 0 N–H and O–H groups in total. The van der Waals surface area contributed by atoms with Crippen molar-refractivity contribution >= 4 is 9.84 Å². The van der Waals surface area contributed by atoms with Gasteiger partial charge in [0.2, 0.25) is 0 Å². The zero-order valence-electron chi connectivity index (χ0n) is 7.70. The molecular weight excluding hydrogens is 186 g/mol. The minimum atomic E-state index is -3.09. The minimum absolute atomic E-state index is 0.223. The van der Waals surface area contributed by atoms with Crippen LogP contribution in [0.1, 0.15) is 32.1 Å². The van der Waals surface area contributed by atoms with Crippen LogP contribution in [-0.2, 0) is 9.84 Å². The average Bonchev–Trinajstić information content (AvgIpc) is 2.04. The molecule has 1 rings (SSSR count). The van der Waals surface area contributed by atoms with Gasteiger partial charge < -0.3 is 0 Å². The Kier molecular flexibility index (Phi) is 3.73. The van der Waals surface area contributed by atoms with E-state index >= 15 is 0 Å². The summed E-state index contributed by atoms with van der Waals surface area (Å²) in [5.74, 6) is 0.219. The molecule has 1 aliphatic rings. The molecule has 74 valence electrons. The van der Waals surface area contributed by atoms with E-state index in [0.29, 0.717) is 5.92 Å². The number of hydrogen-bond acceptors (Lipinski definition) is 3. The van der Waals surface area contributed by atoms with Crippen molar-refractivity contribution in [2.45, 2.75) is 32.1 Å². The molecule has 0 aromatic rings. The molecular formula is C9H15NO2S. The normalized spacial score (nSPS) is 19.6. The van der Waals surface area contributed by atoms with E-state index in [1.807, 2.05) is 0 Å². The first-order valence-corrected chi connectivity index (χ1v) is 6.53. The standard InChI is InChI=1S/C9H15NO2S/c10-6-7-13(11,12)8-9-4-2-1-3-5-9/h9H,1-5,7-8H2. The lowest BCUT2D eigenvalue weighted by molar-refractivity contribution is 0.385. The highest BCUT2D eigenvalue weighted by atomic mass is 32.2. The summed E-state index contributed by atoms with van der Waals surface area (Å²) in [6.07, 6.45) is 5.56. The highest BCUT2D eigenvalue weighted by molar-refractivity contribution is 7.91. The molecule has 0 heterocycles. The molecule has 0 atom stereocenters. The molecule has 0 bridgehead atoms. The van der Waals surface area contributed by atoms with Crippen molar-refractivity contribution in [2.75, 3.05) is 11.5 Å². The summed E-state index contributed by atoms with van der Waals surface area (Å²) in [4.78, 5) is 0. The second-order valence-electron chi connectivity index (χ2n) is 3.72. The van der Waals surface area contributed by atoms with Crippen molar-refractivity contribution in [2.24, 2.45) is 5.92 Å². The van der Waals surface area contributed by atoms with Crippen LogP contribution >= 0.6 is 0 Å². The minimum Gasteiger partial charge on any atom is -0.228 e. The second kappa shape index (κ2) is 4.61. The third-order valence-electron chi connectivity index (χ3n) is 2.50. The van der Waals surface area contributed by atoms with Crippen LogP contribution in [0.5, 0.6) is 0 Å². The van der Waals surface area contributed by atoms with E-state index < -0.39 is 9.84 Å². The fraction of sp³-hybridized carbons (Fsp3) is 0.889. The van der Waals surface area contributed by atoms with Gasteiger partial charge in [0.05, 0.1) is 11.8 Å². The Bertz CT molecular complexity index is 283. The number of sulfone groups is 1. The maximum absolute atomic E-state index is 11.3. The molecule has 1 saturated carbocycles. The van der Waals surface area contributed by atoms with Gasteiger partial charge in [-0.1, -0.05) is 19.3 Å². The first-order valence-electron chi connectivity index (χ1n) is 4.71. The van der Waals surface area contributed by atoms with E-state index in [1.54, 1.807) is 6.07 Å². The maximum atomic E-state index is 11.3. The molecule has 0 spiro atoms. The van der Waals surface area contributed by atoms with Crippen molar-refractivity contribution in [1.29, 1.82) is 5.26 Å². The van der Waals surface area contributed by atoms with Crippen LogP contribution in [0.25, 0.3) is 0 Å². The van der Waals surface area contributed by atoms with Gasteiger partial charge in [-0.05, 0) is 18.8 Å². The Morgan fingerprint density at radius 3 is 2.38 bits per heavy atom. The molecule has 0 unspecified atom stereocenters. The third kappa shape index (κ3) is 3.77. The van der Waals surface area contributed by atoms with Crippen LogP contribution in [-0.4, -0.2) is 19.9 Å². The molecule has 13 heavy (non-hydrogen) atoms. The van der Waals surface area contributed by atoms with Gasteiger partial charge in [0.25, 0.3) is 0 Å². The third-order valence-corrected chi connectivity index (χ3v) is 4.05. The van der Waals surface area contributed by atoms with Gasteiger partial charge in [-0.15, -0.1) is 0 Å². The van der Waals surface area contributed by atoms with Crippen molar-refractivity contribution in [3.63, 3.8) is 0 Å². The highest BCUT2D eigenvalue weighted by Gasteiger charge is 2.20. The van der Waals surface area contributed by atoms with Crippen molar-refractivity contribution in [1.82, 2.24) is 0 Å². The Balaban J connectivity index is 2.43. The molecule has 1 aliphatic carbocycles. The van der Waals surface area contributed by atoms with Crippen LogP contribution < -0.4 is 0 Å². The van der Waals surface area contributed by atoms with E-state index in [1.165, 1.54) is 6.42 Å². The summed E-state index contributed by atoms with van der Waals surface area (Å²) in [6.45, 7) is 0. The fourth-order valence-corrected chi connectivity index (χ4v) is 3.24. The monoisotopic (exact) mass is 201 g/mol. The number of hydrogen-bond donors (Lipinski definition) is 0. The summed E-state index contributed by atoms with van der Waals surface area (Å²) in [6, 6.07) is 1.71. The van der Waals surface area contributed by atoms with Crippen molar-refractivity contribution < 1.29 is 8.42 Å². The van der Waals surface area contributed by atoms with Gasteiger partial charge in [0, 0.05) is 0 Å². The molecule has 1 fully saturated rings. The molecule has 0 aromatic carbocycles. The van der Waals surface area contributed by atoms with Gasteiger partial charge in [0.1, 0.15) is 5.75 Å². The van der Waals surface area contributed by atoms with Crippen molar-refractivity contribution in [3.05, 3.63) is 0 Å². The molecule has 0 saturated heterocycles. The molecule has 4 heteroatoms. The second-order valence-corrected chi connectivity index (χ2v) is 5.83. The van der Waals surface area contributed by atoms with Gasteiger partial charge in [-0.3, -0.25) is 0 Å². The molecule has 0 radical (unpaired) electrons.